The van der Waals surface area contributed by atoms with E-state index in [4.69, 9.17) is 4.74 Å². The quantitative estimate of drug-likeness (QED) is 0.146. The first-order chi connectivity index (χ1) is 20.8. The van der Waals surface area contributed by atoms with E-state index in [1.807, 2.05) is 74.5 Å². The molecule has 2 N–H and O–H groups in total. The fourth-order valence-electron chi connectivity index (χ4n) is 5.15. The number of fused-ring (bicyclic) bond motifs is 1. The number of ether oxygens (including phenoxy) is 1. The first-order valence-corrected chi connectivity index (χ1v) is 16.0. The molecule has 9 heteroatoms. The Morgan fingerprint density at radius 3 is 2.53 bits per heavy atom. The first-order valence-electron chi connectivity index (χ1n) is 14.3. The van der Waals surface area contributed by atoms with Crippen molar-refractivity contribution in [2.24, 2.45) is 0 Å². The summed E-state index contributed by atoms with van der Waals surface area (Å²) in [4.78, 5) is 43.5. The minimum atomic E-state index is -0.429. The van der Waals surface area contributed by atoms with E-state index in [0.29, 0.717) is 41.2 Å². The van der Waals surface area contributed by atoms with Gasteiger partial charge in [-0.3, -0.25) is 14.5 Å². The van der Waals surface area contributed by atoms with Crippen LogP contribution in [-0.4, -0.2) is 41.6 Å². The molecule has 4 aromatic rings. The van der Waals surface area contributed by atoms with Gasteiger partial charge in [-0.2, -0.15) is 0 Å². The van der Waals surface area contributed by atoms with Crippen molar-refractivity contribution in [2.45, 2.75) is 49.9 Å². The fourth-order valence-corrected chi connectivity index (χ4v) is 7.45. The summed E-state index contributed by atoms with van der Waals surface area (Å²) in [6, 6.07) is 25.3. The van der Waals surface area contributed by atoms with E-state index in [-0.39, 0.29) is 11.8 Å². The Kier molecular flexibility index (Phi) is 9.97. The van der Waals surface area contributed by atoms with Gasteiger partial charge >= 0.3 is 5.97 Å². The number of thiophene rings is 1. The molecule has 0 radical (unpaired) electrons. The predicted octanol–water partition coefficient (Wildman–Crippen LogP) is 7.16. The number of carbonyl (C=O) groups excluding carboxylic acids is 3. The van der Waals surface area contributed by atoms with E-state index >= 15 is 0 Å². The Balaban J connectivity index is 1.28. The van der Waals surface area contributed by atoms with Gasteiger partial charge in [-0.05, 0) is 61.2 Å². The van der Waals surface area contributed by atoms with E-state index in [1.165, 1.54) is 35.8 Å². The topological polar surface area (TPSA) is 87.7 Å². The van der Waals surface area contributed by atoms with Gasteiger partial charge in [0.15, 0.2) is 0 Å². The zero-order valence-corrected chi connectivity index (χ0v) is 26.1. The predicted molar refractivity (Wildman–Crippen MR) is 174 cm³/mol. The molecule has 2 amide bonds. The SMILES string of the molecule is CCC(Sc1cccc(NC(=O)c2cccc(C)c2)c1)C(=O)Nc1sc2c(c1C(=O)OC)CCN(Cc1ccccc1)C2. The van der Waals surface area contributed by atoms with Crippen molar-refractivity contribution < 1.29 is 19.1 Å². The lowest BCUT2D eigenvalue weighted by atomic mass is 10.0. The second kappa shape index (κ2) is 14.0. The number of rotatable bonds is 10. The largest absolute Gasteiger partial charge is 0.465 e. The molecule has 0 spiro atoms. The van der Waals surface area contributed by atoms with Gasteiger partial charge in [0, 0.05) is 40.7 Å². The lowest BCUT2D eigenvalue weighted by Crippen LogP contribution is -2.30. The summed E-state index contributed by atoms with van der Waals surface area (Å²) in [5.41, 5.74) is 4.94. The highest BCUT2D eigenvalue weighted by Gasteiger charge is 2.30. The van der Waals surface area contributed by atoms with Crippen LogP contribution < -0.4 is 10.6 Å². The van der Waals surface area contributed by atoms with Crippen LogP contribution >= 0.6 is 23.1 Å². The molecule has 0 fully saturated rings. The Labute approximate surface area is 260 Å². The molecular formula is C34H35N3O4S2. The summed E-state index contributed by atoms with van der Waals surface area (Å²) >= 11 is 2.89. The Bertz CT molecular complexity index is 1620. The normalized spacial score (nSPS) is 13.6. The van der Waals surface area contributed by atoms with Crippen LogP contribution in [0.5, 0.6) is 0 Å². The number of benzene rings is 3. The summed E-state index contributed by atoms with van der Waals surface area (Å²) in [6.07, 6.45) is 1.30. The van der Waals surface area contributed by atoms with Crippen LogP contribution in [-0.2, 0) is 29.0 Å². The van der Waals surface area contributed by atoms with Gasteiger partial charge in [-0.1, -0.05) is 61.0 Å². The Hall–Kier alpha value is -3.92. The van der Waals surface area contributed by atoms with Crippen molar-refractivity contribution in [3.63, 3.8) is 0 Å². The van der Waals surface area contributed by atoms with Crippen molar-refractivity contribution >= 4 is 51.6 Å². The maximum Gasteiger partial charge on any atom is 0.341 e. The van der Waals surface area contributed by atoms with Gasteiger partial charge in [0.1, 0.15) is 5.00 Å². The fraction of sp³-hybridized carbons (Fsp3) is 0.265. The highest BCUT2D eigenvalue weighted by atomic mass is 32.2. The molecule has 1 unspecified atom stereocenters. The molecule has 1 aromatic heterocycles. The van der Waals surface area contributed by atoms with Crippen molar-refractivity contribution in [2.75, 3.05) is 24.3 Å². The Morgan fingerprint density at radius 2 is 1.79 bits per heavy atom. The van der Waals surface area contributed by atoms with Crippen LogP contribution in [0.25, 0.3) is 0 Å². The lowest BCUT2D eigenvalue weighted by molar-refractivity contribution is -0.115. The Morgan fingerprint density at radius 1 is 1.00 bits per heavy atom. The molecule has 7 nitrogen and oxygen atoms in total. The molecule has 1 aliphatic rings. The number of aryl methyl sites for hydroxylation is 1. The number of nitrogens with one attached hydrogen (secondary N) is 2. The smallest absolute Gasteiger partial charge is 0.341 e. The van der Waals surface area contributed by atoms with E-state index in [1.54, 1.807) is 6.07 Å². The van der Waals surface area contributed by atoms with E-state index < -0.39 is 11.2 Å². The molecule has 3 aromatic carbocycles. The van der Waals surface area contributed by atoms with Gasteiger partial charge in [0.25, 0.3) is 5.91 Å². The number of esters is 1. The molecule has 5 rings (SSSR count). The number of carbonyl (C=O) groups is 3. The zero-order chi connectivity index (χ0) is 30.3. The maximum absolute atomic E-state index is 13.6. The van der Waals surface area contributed by atoms with E-state index in [2.05, 4.69) is 27.7 Å². The molecule has 1 aliphatic heterocycles. The van der Waals surface area contributed by atoms with Crippen LogP contribution in [0.4, 0.5) is 10.7 Å². The molecular weight excluding hydrogens is 579 g/mol. The van der Waals surface area contributed by atoms with Crippen molar-refractivity contribution in [3.8, 4) is 0 Å². The minimum absolute atomic E-state index is 0.174. The molecule has 0 saturated carbocycles. The average molecular weight is 614 g/mol. The standard InChI is InChI=1S/C34H35N3O4S2/c1-4-28(42-26-15-9-14-25(19-26)35-31(38)24-13-8-10-22(2)18-24)32(39)36-33-30(34(40)41-3)27-16-17-37(21-29(27)43-33)20-23-11-6-5-7-12-23/h5-15,18-19,28H,4,16-17,20-21H2,1-3H3,(H,35,38)(H,36,39). The van der Waals surface area contributed by atoms with Crippen LogP contribution in [0.1, 0.15) is 55.6 Å². The van der Waals surface area contributed by atoms with E-state index in [9.17, 15) is 14.4 Å². The molecule has 222 valence electrons. The molecule has 2 heterocycles. The number of methoxy groups -OCH3 is 1. The van der Waals surface area contributed by atoms with Gasteiger partial charge < -0.3 is 15.4 Å². The van der Waals surface area contributed by atoms with Crippen LogP contribution in [0.2, 0.25) is 0 Å². The van der Waals surface area contributed by atoms with Crippen LogP contribution in [0, 0.1) is 6.92 Å². The third-order valence-corrected chi connectivity index (χ3v) is 9.82. The van der Waals surface area contributed by atoms with Crippen molar-refractivity contribution in [1.29, 1.82) is 0 Å². The molecule has 43 heavy (non-hydrogen) atoms. The van der Waals surface area contributed by atoms with Gasteiger partial charge in [-0.25, -0.2) is 4.79 Å². The lowest BCUT2D eigenvalue weighted by Gasteiger charge is -2.27. The van der Waals surface area contributed by atoms with Gasteiger partial charge in [-0.15, -0.1) is 23.1 Å². The summed E-state index contributed by atoms with van der Waals surface area (Å²) < 4.78 is 5.13. The molecule has 0 aliphatic carbocycles. The molecule has 1 atom stereocenters. The number of anilines is 2. The van der Waals surface area contributed by atoms with Gasteiger partial charge in [0.05, 0.1) is 17.9 Å². The number of hydrogen-bond donors (Lipinski definition) is 2. The third kappa shape index (κ3) is 7.54. The first kappa shape index (κ1) is 30.5. The van der Waals surface area contributed by atoms with E-state index in [0.717, 1.165) is 34.0 Å². The van der Waals surface area contributed by atoms with Crippen molar-refractivity contribution in [1.82, 2.24) is 4.90 Å². The van der Waals surface area contributed by atoms with Gasteiger partial charge in [0.2, 0.25) is 5.91 Å². The van der Waals surface area contributed by atoms with Crippen molar-refractivity contribution in [3.05, 3.63) is 112 Å². The third-order valence-electron chi connectivity index (χ3n) is 7.32. The summed E-state index contributed by atoms with van der Waals surface area (Å²) in [6.45, 7) is 6.27. The van der Waals surface area contributed by atoms with Crippen LogP contribution in [0.15, 0.2) is 83.8 Å². The van der Waals surface area contributed by atoms with Crippen LogP contribution in [0.3, 0.4) is 0 Å². The number of nitrogens with zero attached hydrogens (tertiary/aromatic N) is 1. The highest BCUT2D eigenvalue weighted by molar-refractivity contribution is 8.00. The minimum Gasteiger partial charge on any atom is -0.465 e. The zero-order valence-electron chi connectivity index (χ0n) is 24.5. The number of amides is 2. The average Bonchev–Trinajstić information content (AvgIpc) is 3.37. The summed E-state index contributed by atoms with van der Waals surface area (Å²) in [5.74, 6) is -0.788. The molecule has 0 bridgehead atoms. The maximum atomic E-state index is 13.6. The number of hydrogen-bond acceptors (Lipinski definition) is 7. The second-order valence-electron chi connectivity index (χ2n) is 10.5. The summed E-state index contributed by atoms with van der Waals surface area (Å²) in [5, 5.41) is 6.16. The molecule has 0 saturated heterocycles. The number of thioether (sulfide) groups is 1. The monoisotopic (exact) mass is 613 g/mol. The second-order valence-corrected chi connectivity index (χ2v) is 12.9. The summed E-state index contributed by atoms with van der Waals surface area (Å²) in [7, 11) is 1.37. The highest BCUT2D eigenvalue weighted by Crippen LogP contribution is 2.39.